The molecular weight excluding hydrogens is 156 g/mol. The van der Waals surface area contributed by atoms with Crippen molar-refractivity contribution in [1.82, 2.24) is 0 Å². The second-order valence-corrected chi connectivity index (χ2v) is 4.13. The van der Waals surface area contributed by atoms with E-state index in [-0.39, 0.29) is 0 Å². The maximum Gasteiger partial charge on any atom is 0.0228 e. The van der Waals surface area contributed by atoms with Crippen molar-refractivity contribution >= 4 is 11.6 Å². The first-order chi connectivity index (χ1) is 5.18. The third kappa shape index (κ3) is 4.68. The van der Waals surface area contributed by atoms with Gasteiger partial charge in [-0.1, -0.05) is 33.6 Å². The van der Waals surface area contributed by atoms with E-state index in [2.05, 4.69) is 20.8 Å². The lowest BCUT2D eigenvalue weighted by atomic mass is 9.79. The van der Waals surface area contributed by atoms with Crippen LogP contribution in [0.4, 0.5) is 0 Å². The molecule has 0 aromatic heterocycles. The van der Waals surface area contributed by atoms with E-state index in [1.165, 1.54) is 32.1 Å². The maximum atomic E-state index is 5.76. The Labute approximate surface area is 76.3 Å². The normalized spacial score (nSPS) is 12.0. The van der Waals surface area contributed by atoms with Crippen molar-refractivity contribution in [2.24, 2.45) is 5.41 Å². The highest BCUT2D eigenvalue weighted by molar-refractivity contribution is 6.17. The molecule has 0 aliphatic rings. The first-order valence-corrected chi connectivity index (χ1v) is 5.28. The van der Waals surface area contributed by atoms with Crippen molar-refractivity contribution in [2.45, 2.75) is 52.9 Å². The minimum absolute atomic E-state index is 0.519. The third-order valence-electron chi connectivity index (χ3n) is 2.41. The molecule has 0 atom stereocenters. The number of alkyl halides is 1. The largest absolute Gasteiger partial charge is 0.127 e. The van der Waals surface area contributed by atoms with Crippen molar-refractivity contribution in [2.75, 3.05) is 5.88 Å². The zero-order chi connectivity index (χ0) is 8.74. The summed E-state index contributed by atoms with van der Waals surface area (Å²) in [7, 11) is 0. The molecule has 0 nitrogen and oxygen atoms in total. The van der Waals surface area contributed by atoms with E-state index < -0.39 is 0 Å². The Kier molecular flexibility index (Phi) is 6.03. The highest BCUT2D eigenvalue weighted by atomic mass is 35.5. The summed E-state index contributed by atoms with van der Waals surface area (Å²) in [6, 6.07) is 0. The van der Waals surface area contributed by atoms with Gasteiger partial charge in [0.1, 0.15) is 0 Å². The maximum absolute atomic E-state index is 5.76. The van der Waals surface area contributed by atoms with Gasteiger partial charge in [0.2, 0.25) is 0 Å². The van der Waals surface area contributed by atoms with E-state index in [1.807, 2.05) is 0 Å². The average Bonchev–Trinajstić information content (AvgIpc) is 1.88. The van der Waals surface area contributed by atoms with Gasteiger partial charge in [0, 0.05) is 5.88 Å². The van der Waals surface area contributed by atoms with Gasteiger partial charge < -0.3 is 0 Å². The molecule has 0 amide bonds. The lowest BCUT2D eigenvalue weighted by molar-refractivity contribution is 0.257. The predicted molar refractivity (Wildman–Crippen MR) is 53.3 cm³/mol. The van der Waals surface area contributed by atoms with Crippen LogP contribution in [0.5, 0.6) is 0 Å². The van der Waals surface area contributed by atoms with Crippen molar-refractivity contribution in [3.05, 3.63) is 0 Å². The summed E-state index contributed by atoms with van der Waals surface area (Å²) in [6.07, 6.45) is 6.40. The molecular formula is C10H21Cl. The van der Waals surface area contributed by atoms with Crippen LogP contribution in [0.3, 0.4) is 0 Å². The monoisotopic (exact) mass is 176 g/mol. The molecule has 0 radical (unpaired) electrons. The van der Waals surface area contributed by atoms with Crippen LogP contribution in [0.1, 0.15) is 52.9 Å². The SMILES string of the molecule is CCCC(C)(CCC)CCCl. The minimum atomic E-state index is 0.519. The molecule has 0 N–H and O–H groups in total. The van der Waals surface area contributed by atoms with E-state index in [0.29, 0.717) is 5.41 Å². The van der Waals surface area contributed by atoms with E-state index in [4.69, 9.17) is 11.6 Å². The lowest BCUT2D eigenvalue weighted by Gasteiger charge is -2.27. The Morgan fingerprint density at radius 2 is 1.45 bits per heavy atom. The molecule has 0 saturated carbocycles. The topological polar surface area (TPSA) is 0 Å². The Morgan fingerprint density at radius 3 is 1.73 bits per heavy atom. The summed E-state index contributed by atoms with van der Waals surface area (Å²) in [5.41, 5.74) is 0.519. The molecule has 11 heavy (non-hydrogen) atoms. The third-order valence-corrected chi connectivity index (χ3v) is 2.59. The molecule has 1 heteroatoms. The smallest absolute Gasteiger partial charge is 0.0228 e. The summed E-state index contributed by atoms with van der Waals surface area (Å²) in [5, 5.41) is 0. The zero-order valence-electron chi connectivity index (χ0n) is 8.12. The highest BCUT2D eigenvalue weighted by Crippen LogP contribution is 2.33. The van der Waals surface area contributed by atoms with Crippen LogP contribution in [0.25, 0.3) is 0 Å². The van der Waals surface area contributed by atoms with Crippen LogP contribution in [-0.2, 0) is 0 Å². The molecule has 0 aromatic rings. The fraction of sp³-hybridized carbons (Fsp3) is 1.00. The Balaban J connectivity index is 3.79. The zero-order valence-corrected chi connectivity index (χ0v) is 8.88. The van der Waals surface area contributed by atoms with Crippen LogP contribution in [0.2, 0.25) is 0 Å². The summed E-state index contributed by atoms with van der Waals surface area (Å²) >= 11 is 5.76. The second kappa shape index (κ2) is 5.88. The summed E-state index contributed by atoms with van der Waals surface area (Å²) < 4.78 is 0. The molecule has 0 aliphatic heterocycles. The number of hydrogen-bond donors (Lipinski definition) is 0. The van der Waals surface area contributed by atoms with Gasteiger partial charge in [0.05, 0.1) is 0 Å². The Hall–Kier alpha value is 0.290. The molecule has 0 fully saturated rings. The molecule has 0 aromatic carbocycles. The van der Waals surface area contributed by atoms with E-state index in [1.54, 1.807) is 0 Å². The number of rotatable bonds is 6. The molecule has 0 bridgehead atoms. The van der Waals surface area contributed by atoms with Crippen LogP contribution < -0.4 is 0 Å². The predicted octanol–water partition coefficient (Wildman–Crippen LogP) is 4.22. The summed E-state index contributed by atoms with van der Waals surface area (Å²) in [5.74, 6) is 0.816. The van der Waals surface area contributed by atoms with E-state index in [9.17, 15) is 0 Å². The number of halogens is 1. The minimum Gasteiger partial charge on any atom is -0.127 e. The van der Waals surface area contributed by atoms with Crippen LogP contribution in [0.15, 0.2) is 0 Å². The number of hydrogen-bond acceptors (Lipinski definition) is 0. The van der Waals surface area contributed by atoms with Gasteiger partial charge in [-0.15, -0.1) is 11.6 Å². The van der Waals surface area contributed by atoms with E-state index >= 15 is 0 Å². The fourth-order valence-corrected chi connectivity index (χ4v) is 2.27. The Morgan fingerprint density at radius 1 is 1.00 bits per heavy atom. The molecule has 0 rings (SSSR count). The van der Waals surface area contributed by atoms with Crippen molar-refractivity contribution in [3.63, 3.8) is 0 Å². The van der Waals surface area contributed by atoms with Gasteiger partial charge in [-0.2, -0.15) is 0 Å². The van der Waals surface area contributed by atoms with Gasteiger partial charge >= 0.3 is 0 Å². The molecule has 68 valence electrons. The molecule has 0 unspecified atom stereocenters. The van der Waals surface area contributed by atoms with E-state index in [0.717, 1.165) is 5.88 Å². The summed E-state index contributed by atoms with van der Waals surface area (Å²) in [4.78, 5) is 0. The quantitative estimate of drug-likeness (QED) is 0.532. The van der Waals surface area contributed by atoms with Crippen molar-refractivity contribution in [3.8, 4) is 0 Å². The highest BCUT2D eigenvalue weighted by Gasteiger charge is 2.20. The first-order valence-electron chi connectivity index (χ1n) is 4.74. The summed E-state index contributed by atoms with van der Waals surface area (Å²) in [6.45, 7) is 6.87. The fourth-order valence-electron chi connectivity index (χ4n) is 1.81. The first kappa shape index (κ1) is 11.3. The van der Waals surface area contributed by atoms with Crippen molar-refractivity contribution in [1.29, 1.82) is 0 Å². The molecule has 0 heterocycles. The van der Waals surface area contributed by atoms with Gasteiger partial charge in [-0.3, -0.25) is 0 Å². The molecule has 0 aliphatic carbocycles. The van der Waals surface area contributed by atoms with Crippen LogP contribution in [-0.4, -0.2) is 5.88 Å². The second-order valence-electron chi connectivity index (χ2n) is 3.75. The van der Waals surface area contributed by atoms with Gasteiger partial charge in [-0.05, 0) is 24.7 Å². The molecule has 0 saturated heterocycles. The standard InChI is InChI=1S/C10H21Cl/c1-4-6-10(3,7-5-2)8-9-11/h4-9H2,1-3H3. The Bertz CT molecular complexity index is 71.9. The van der Waals surface area contributed by atoms with Gasteiger partial charge in [0.15, 0.2) is 0 Å². The molecule has 0 spiro atoms. The van der Waals surface area contributed by atoms with Crippen molar-refractivity contribution < 1.29 is 0 Å². The van der Waals surface area contributed by atoms with Gasteiger partial charge in [0.25, 0.3) is 0 Å². The average molecular weight is 177 g/mol. The van der Waals surface area contributed by atoms with Gasteiger partial charge in [-0.25, -0.2) is 0 Å². The lowest BCUT2D eigenvalue weighted by Crippen LogP contribution is -2.16. The van der Waals surface area contributed by atoms with Crippen LogP contribution in [0, 0.1) is 5.41 Å². The van der Waals surface area contributed by atoms with Crippen LogP contribution >= 0.6 is 11.6 Å².